The van der Waals surface area contributed by atoms with Crippen molar-refractivity contribution in [1.82, 2.24) is 34.8 Å². The molecule has 0 radical (unpaired) electrons. The van der Waals surface area contributed by atoms with Gasteiger partial charge in [-0.1, -0.05) is 11.3 Å². The third kappa shape index (κ3) is 3.17. The van der Waals surface area contributed by atoms with Gasteiger partial charge in [0.1, 0.15) is 11.2 Å². The van der Waals surface area contributed by atoms with Crippen molar-refractivity contribution in [3.63, 3.8) is 0 Å². The van der Waals surface area contributed by atoms with Crippen LogP contribution in [0.25, 0.3) is 33.2 Å². The van der Waals surface area contributed by atoms with E-state index in [1.165, 1.54) is 0 Å². The zero-order valence-corrected chi connectivity index (χ0v) is 16.8. The number of likely N-dealkylation sites (tertiary alicyclic amines) is 1. The molecule has 5 rings (SSSR count). The van der Waals surface area contributed by atoms with Gasteiger partial charge in [0.15, 0.2) is 0 Å². The summed E-state index contributed by atoms with van der Waals surface area (Å²) in [6.07, 6.45) is 4.11. The van der Waals surface area contributed by atoms with Crippen LogP contribution < -0.4 is 10.1 Å². The van der Waals surface area contributed by atoms with Crippen molar-refractivity contribution >= 4 is 28.0 Å². The molecule has 1 saturated heterocycles. The van der Waals surface area contributed by atoms with Crippen LogP contribution in [0.15, 0.2) is 24.4 Å². The summed E-state index contributed by atoms with van der Waals surface area (Å²) < 4.78 is 7.41. The number of piperidine rings is 1. The van der Waals surface area contributed by atoms with Gasteiger partial charge in [-0.05, 0) is 50.7 Å². The normalized spacial score (nSPS) is 16.0. The van der Waals surface area contributed by atoms with Crippen LogP contribution in [0.1, 0.15) is 12.8 Å². The predicted octanol–water partition coefficient (Wildman–Crippen LogP) is 2.42. The molecule has 3 aromatic heterocycles. The molecule has 9 heteroatoms. The van der Waals surface area contributed by atoms with Crippen molar-refractivity contribution in [3.05, 3.63) is 24.4 Å². The van der Waals surface area contributed by atoms with Gasteiger partial charge < -0.3 is 19.9 Å². The number of nitrogens with zero attached hydrogens (tertiary/aromatic N) is 6. The Kier molecular flexibility index (Phi) is 4.31. The van der Waals surface area contributed by atoms with E-state index in [-0.39, 0.29) is 0 Å². The van der Waals surface area contributed by atoms with E-state index in [1.807, 2.05) is 25.4 Å². The highest BCUT2D eigenvalue weighted by atomic mass is 16.5. The Labute approximate surface area is 168 Å². The summed E-state index contributed by atoms with van der Waals surface area (Å²) in [4.78, 5) is 15.0. The van der Waals surface area contributed by atoms with Gasteiger partial charge in [-0.15, -0.1) is 5.10 Å². The lowest BCUT2D eigenvalue weighted by Gasteiger charge is -2.29. The fourth-order valence-electron chi connectivity index (χ4n) is 3.97. The molecule has 29 heavy (non-hydrogen) atoms. The molecule has 2 N–H and O–H groups in total. The molecule has 1 aromatic carbocycles. The van der Waals surface area contributed by atoms with Crippen molar-refractivity contribution in [2.24, 2.45) is 7.05 Å². The van der Waals surface area contributed by atoms with Gasteiger partial charge in [-0.25, -0.2) is 4.68 Å². The maximum absolute atomic E-state index is 5.64. The molecule has 0 spiro atoms. The number of aromatic amines is 1. The Bertz CT molecular complexity index is 1170. The fourth-order valence-corrected chi connectivity index (χ4v) is 3.97. The lowest BCUT2D eigenvalue weighted by atomic mass is 10.1. The summed E-state index contributed by atoms with van der Waals surface area (Å²) in [5.41, 5.74) is 4.62. The number of rotatable bonds is 4. The second-order valence-electron chi connectivity index (χ2n) is 7.62. The van der Waals surface area contributed by atoms with E-state index in [4.69, 9.17) is 9.72 Å². The largest absolute Gasteiger partial charge is 0.480 e. The van der Waals surface area contributed by atoms with Gasteiger partial charge >= 0.3 is 0 Å². The zero-order chi connectivity index (χ0) is 20.0. The fraction of sp³-hybridized carbons (Fsp3) is 0.400. The van der Waals surface area contributed by atoms with E-state index in [1.54, 1.807) is 11.8 Å². The summed E-state index contributed by atoms with van der Waals surface area (Å²) in [5.74, 6) is 1.16. The molecule has 0 amide bonds. The quantitative estimate of drug-likeness (QED) is 0.550. The highest BCUT2D eigenvalue weighted by Gasteiger charge is 2.20. The number of methoxy groups -OCH3 is 1. The average Bonchev–Trinajstić information content (AvgIpc) is 3.33. The Balaban J connectivity index is 1.53. The van der Waals surface area contributed by atoms with Crippen molar-refractivity contribution in [1.29, 1.82) is 0 Å². The first-order chi connectivity index (χ1) is 14.1. The van der Waals surface area contributed by atoms with Crippen LogP contribution in [0, 0.1) is 0 Å². The van der Waals surface area contributed by atoms with Crippen LogP contribution in [0.4, 0.5) is 5.95 Å². The highest BCUT2D eigenvalue weighted by Crippen LogP contribution is 2.35. The number of hydrogen-bond acceptors (Lipinski definition) is 7. The number of aromatic nitrogens is 6. The first kappa shape index (κ1) is 17.9. The topological polar surface area (TPSA) is 96.8 Å². The third-order valence-corrected chi connectivity index (χ3v) is 5.67. The number of ether oxygens (including phenoxy) is 1. The lowest BCUT2D eigenvalue weighted by Crippen LogP contribution is -2.37. The maximum atomic E-state index is 5.64. The van der Waals surface area contributed by atoms with Gasteiger partial charge in [0, 0.05) is 24.8 Å². The smallest absolute Gasteiger partial charge is 0.228 e. The van der Waals surface area contributed by atoms with Crippen molar-refractivity contribution in [3.8, 4) is 17.0 Å². The van der Waals surface area contributed by atoms with E-state index in [9.17, 15) is 0 Å². The number of hydrogen-bond donors (Lipinski definition) is 2. The molecule has 0 saturated carbocycles. The van der Waals surface area contributed by atoms with Gasteiger partial charge in [-0.2, -0.15) is 9.97 Å². The molecule has 1 fully saturated rings. The SMILES string of the molecule is COc1nc(NC2CCN(C)CC2)nc2[nH]cc(-c3ccc4nnn(C)c4c3)c12. The molecule has 1 aliphatic heterocycles. The Morgan fingerprint density at radius 1 is 1.17 bits per heavy atom. The van der Waals surface area contributed by atoms with Crippen LogP contribution in [0.5, 0.6) is 5.88 Å². The van der Waals surface area contributed by atoms with E-state index < -0.39 is 0 Å². The summed E-state index contributed by atoms with van der Waals surface area (Å²) in [6, 6.07) is 6.45. The van der Waals surface area contributed by atoms with E-state index in [0.29, 0.717) is 17.9 Å². The second-order valence-corrected chi connectivity index (χ2v) is 7.62. The summed E-state index contributed by atoms with van der Waals surface area (Å²) in [7, 11) is 5.69. The molecule has 0 atom stereocenters. The molecule has 150 valence electrons. The number of benzene rings is 1. The van der Waals surface area contributed by atoms with E-state index in [0.717, 1.165) is 59.1 Å². The Hall–Kier alpha value is -3.20. The van der Waals surface area contributed by atoms with Crippen LogP contribution in [-0.2, 0) is 7.05 Å². The molecular weight excluding hydrogens is 368 g/mol. The number of nitrogens with one attached hydrogen (secondary N) is 2. The van der Waals surface area contributed by atoms with Gasteiger partial charge in [0.2, 0.25) is 11.8 Å². The van der Waals surface area contributed by atoms with Crippen LogP contribution in [0.2, 0.25) is 0 Å². The van der Waals surface area contributed by atoms with Crippen molar-refractivity contribution in [2.75, 3.05) is 32.6 Å². The van der Waals surface area contributed by atoms with Crippen LogP contribution in [-0.4, -0.2) is 68.1 Å². The van der Waals surface area contributed by atoms with E-state index in [2.05, 4.69) is 43.6 Å². The average molecular weight is 392 g/mol. The second kappa shape index (κ2) is 7.00. The lowest BCUT2D eigenvalue weighted by molar-refractivity contribution is 0.263. The molecule has 9 nitrogen and oxygen atoms in total. The van der Waals surface area contributed by atoms with Crippen molar-refractivity contribution in [2.45, 2.75) is 18.9 Å². The zero-order valence-electron chi connectivity index (χ0n) is 16.8. The number of aryl methyl sites for hydroxylation is 1. The highest BCUT2D eigenvalue weighted by molar-refractivity contribution is 5.99. The monoisotopic (exact) mass is 392 g/mol. The summed E-state index contributed by atoms with van der Waals surface area (Å²) in [5, 5.41) is 12.6. The first-order valence-electron chi connectivity index (χ1n) is 9.80. The Morgan fingerprint density at radius 3 is 2.79 bits per heavy atom. The molecule has 1 aliphatic rings. The van der Waals surface area contributed by atoms with Gasteiger partial charge in [0.25, 0.3) is 0 Å². The van der Waals surface area contributed by atoms with Crippen LogP contribution >= 0.6 is 0 Å². The molecular formula is C20H24N8O. The third-order valence-electron chi connectivity index (χ3n) is 5.67. The van der Waals surface area contributed by atoms with Crippen molar-refractivity contribution < 1.29 is 4.74 Å². The summed E-state index contributed by atoms with van der Waals surface area (Å²) in [6.45, 7) is 2.16. The minimum Gasteiger partial charge on any atom is -0.480 e. The predicted molar refractivity (Wildman–Crippen MR) is 112 cm³/mol. The molecule has 0 aliphatic carbocycles. The molecule has 0 bridgehead atoms. The van der Waals surface area contributed by atoms with Gasteiger partial charge in [-0.3, -0.25) is 0 Å². The standard InChI is InChI=1S/C20H24N8O/c1-27-8-6-13(7-9-27)22-20-23-18-17(19(24-20)29-3)14(11-21-18)12-4-5-15-16(10-12)28(2)26-25-15/h4-5,10-11,13H,6-9H2,1-3H3,(H2,21,22,23,24). The molecule has 4 aromatic rings. The first-order valence-corrected chi connectivity index (χ1v) is 9.80. The molecule has 4 heterocycles. The van der Waals surface area contributed by atoms with Crippen LogP contribution in [0.3, 0.4) is 0 Å². The Morgan fingerprint density at radius 2 is 2.00 bits per heavy atom. The molecule has 0 unspecified atom stereocenters. The minimum atomic E-state index is 0.377. The number of anilines is 1. The maximum Gasteiger partial charge on any atom is 0.228 e. The van der Waals surface area contributed by atoms with Gasteiger partial charge in [0.05, 0.1) is 18.0 Å². The van der Waals surface area contributed by atoms with E-state index >= 15 is 0 Å². The number of fused-ring (bicyclic) bond motifs is 2. The minimum absolute atomic E-state index is 0.377. The number of H-pyrrole nitrogens is 1. The summed E-state index contributed by atoms with van der Waals surface area (Å²) >= 11 is 0.